The molecule has 0 spiro atoms. The predicted octanol–water partition coefficient (Wildman–Crippen LogP) is -0.799. The van der Waals surface area contributed by atoms with E-state index in [9.17, 15) is 45.0 Å². The van der Waals surface area contributed by atoms with Crippen LogP contribution < -0.4 is 5.32 Å². The molecule has 11 heteroatoms. The average Bonchev–Trinajstić information content (AvgIpc) is 2.69. The monoisotopic (exact) mass is 469 g/mol. The van der Waals surface area contributed by atoms with E-state index in [0.717, 1.165) is 0 Å². The van der Waals surface area contributed by atoms with Gasteiger partial charge < -0.3 is 41.1 Å². The van der Waals surface area contributed by atoms with Crippen molar-refractivity contribution in [1.29, 1.82) is 0 Å². The molecule has 0 saturated carbocycles. The number of carboxylic acids is 1. The highest BCUT2D eigenvalue weighted by Gasteiger charge is 2.49. The maximum atomic E-state index is 12.9. The molecule has 0 saturated heterocycles. The zero-order chi connectivity index (χ0) is 25.0. The Hall–Kier alpha value is -2.57. The third kappa shape index (κ3) is 6.06. The van der Waals surface area contributed by atoms with Crippen molar-refractivity contribution in [3.05, 3.63) is 23.3 Å². The number of nitrogens with one attached hydrogen (secondary N) is 1. The van der Waals surface area contributed by atoms with Crippen LogP contribution in [0, 0.1) is 5.92 Å². The minimum atomic E-state index is -2.20. The number of hydrogen-bond donors (Lipinski definition) is 8. The summed E-state index contributed by atoms with van der Waals surface area (Å²) in [5.41, 5.74) is -3.52. The number of carboxylic acid groups (broad SMARTS) is 1. The van der Waals surface area contributed by atoms with Crippen LogP contribution in [0.5, 0.6) is 5.75 Å². The van der Waals surface area contributed by atoms with E-state index >= 15 is 0 Å². The van der Waals surface area contributed by atoms with E-state index in [-0.39, 0.29) is 29.9 Å². The molecule has 0 aliphatic heterocycles. The van der Waals surface area contributed by atoms with Crippen LogP contribution in [0.1, 0.15) is 48.5 Å². The van der Waals surface area contributed by atoms with Gasteiger partial charge in [-0.1, -0.05) is 0 Å². The van der Waals surface area contributed by atoms with Crippen molar-refractivity contribution in [2.75, 3.05) is 25.1 Å². The Labute approximate surface area is 190 Å². The standard InChI is InChI=1S/C22H31NO10/c1-12(9-25)23-15-2-3-16(27)20-13(15)7-21(32,8-18(20)29)11-22(33,4-5-24)14(10-26)17(28)6-19(30)31/h2-3,12,14,23-27,32-33H,4-11H2,1H3,(H,30,31). The molecule has 0 fully saturated rings. The molecule has 2 rings (SSSR count). The molecular formula is C22H31NO10. The van der Waals surface area contributed by atoms with E-state index in [1.807, 2.05) is 0 Å². The van der Waals surface area contributed by atoms with E-state index in [1.165, 1.54) is 12.1 Å². The number of aliphatic hydroxyl groups excluding tert-OH is 3. The van der Waals surface area contributed by atoms with Gasteiger partial charge in [-0.05, 0) is 24.6 Å². The van der Waals surface area contributed by atoms with Gasteiger partial charge in [-0.3, -0.25) is 14.4 Å². The fourth-order valence-corrected chi connectivity index (χ4v) is 4.47. The summed E-state index contributed by atoms with van der Waals surface area (Å²) in [4.78, 5) is 36.2. The van der Waals surface area contributed by atoms with Crippen molar-refractivity contribution in [1.82, 2.24) is 0 Å². The van der Waals surface area contributed by atoms with Crippen molar-refractivity contribution in [3.8, 4) is 5.75 Å². The van der Waals surface area contributed by atoms with Crippen molar-refractivity contribution < 1.29 is 50.1 Å². The number of carbonyl (C=O) groups excluding carboxylic acids is 2. The molecule has 0 heterocycles. The van der Waals surface area contributed by atoms with Crippen LogP contribution in [0.2, 0.25) is 0 Å². The van der Waals surface area contributed by atoms with Gasteiger partial charge in [0.25, 0.3) is 0 Å². The molecule has 0 amide bonds. The molecule has 0 radical (unpaired) electrons. The van der Waals surface area contributed by atoms with Crippen molar-refractivity contribution in [2.24, 2.45) is 5.92 Å². The van der Waals surface area contributed by atoms with Crippen LogP contribution in [0.15, 0.2) is 12.1 Å². The van der Waals surface area contributed by atoms with Crippen LogP contribution in [0.3, 0.4) is 0 Å². The van der Waals surface area contributed by atoms with Crippen molar-refractivity contribution in [3.63, 3.8) is 0 Å². The van der Waals surface area contributed by atoms with Crippen molar-refractivity contribution >= 4 is 23.2 Å². The first-order chi connectivity index (χ1) is 15.4. The molecule has 8 N–H and O–H groups in total. The van der Waals surface area contributed by atoms with Crippen LogP contribution in [0.25, 0.3) is 0 Å². The van der Waals surface area contributed by atoms with Gasteiger partial charge in [-0.25, -0.2) is 0 Å². The summed E-state index contributed by atoms with van der Waals surface area (Å²) in [6, 6.07) is 2.37. The number of hydrogen-bond acceptors (Lipinski definition) is 10. The summed E-state index contributed by atoms with van der Waals surface area (Å²) < 4.78 is 0. The lowest BCUT2D eigenvalue weighted by Crippen LogP contribution is -2.53. The Morgan fingerprint density at radius 2 is 1.85 bits per heavy atom. The number of carbonyl (C=O) groups is 3. The Kier molecular flexibility index (Phi) is 8.55. The van der Waals surface area contributed by atoms with Crippen LogP contribution >= 0.6 is 0 Å². The number of anilines is 1. The first-order valence-electron chi connectivity index (χ1n) is 10.6. The van der Waals surface area contributed by atoms with Crippen LogP contribution in [0.4, 0.5) is 5.69 Å². The largest absolute Gasteiger partial charge is 0.507 e. The first-order valence-corrected chi connectivity index (χ1v) is 10.6. The Morgan fingerprint density at radius 1 is 1.18 bits per heavy atom. The topological polar surface area (TPSA) is 205 Å². The second-order valence-electron chi connectivity index (χ2n) is 8.74. The summed E-state index contributed by atoms with van der Waals surface area (Å²) in [6.07, 6.45) is -2.81. The van der Waals surface area contributed by atoms with E-state index in [4.69, 9.17) is 5.11 Å². The van der Waals surface area contributed by atoms with Crippen molar-refractivity contribution in [2.45, 2.75) is 56.3 Å². The predicted molar refractivity (Wildman–Crippen MR) is 115 cm³/mol. The van der Waals surface area contributed by atoms with Gasteiger partial charge in [0.15, 0.2) is 11.6 Å². The van der Waals surface area contributed by atoms with Gasteiger partial charge in [-0.2, -0.15) is 0 Å². The number of ketones is 2. The number of Topliss-reactive ketones (excluding diaryl/α,β-unsaturated/α-hetero) is 2. The smallest absolute Gasteiger partial charge is 0.310 e. The number of aliphatic hydroxyl groups is 5. The summed E-state index contributed by atoms with van der Waals surface area (Å²) in [7, 11) is 0. The molecule has 1 aliphatic rings. The zero-order valence-electron chi connectivity index (χ0n) is 18.3. The lowest BCUT2D eigenvalue weighted by atomic mass is 9.68. The van der Waals surface area contributed by atoms with E-state index < -0.39 is 79.6 Å². The van der Waals surface area contributed by atoms with E-state index in [2.05, 4.69) is 5.32 Å². The second kappa shape index (κ2) is 10.6. The number of phenolic OH excluding ortho intramolecular Hbond substituents is 1. The number of benzene rings is 1. The fraction of sp³-hybridized carbons (Fsp3) is 0.591. The maximum Gasteiger partial charge on any atom is 0.310 e. The number of aliphatic carboxylic acids is 1. The lowest BCUT2D eigenvalue weighted by molar-refractivity contribution is -0.151. The first kappa shape index (κ1) is 26.7. The number of aromatic hydroxyl groups is 1. The van der Waals surface area contributed by atoms with Gasteiger partial charge in [0.05, 0.1) is 35.9 Å². The van der Waals surface area contributed by atoms with Gasteiger partial charge in [0.2, 0.25) is 0 Å². The third-order valence-corrected chi connectivity index (χ3v) is 5.97. The summed E-state index contributed by atoms with van der Waals surface area (Å²) in [5, 5.41) is 73.2. The maximum absolute atomic E-state index is 12.9. The van der Waals surface area contributed by atoms with Gasteiger partial charge in [-0.15, -0.1) is 0 Å². The molecule has 1 aromatic carbocycles. The van der Waals surface area contributed by atoms with Crippen LogP contribution in [-0.4, -0.2) is 90.3 Å². The molecule has 1 aliphatic carbocycles. The molecule has 184 valence electrons. The summed E-state index contributed by atoms with van der Waals surface area (Å²) >= 11 is 0. The quantitative estimate of drug-likeness (QED) is 0.140. The second-order valence-corrected chi connectivity index (χ2v) is 8.74. The van der Waals surface area contributed by atoms with E-state index in [1.54, 1.807) is 6.92 Å². The average molecular weight is 469 g/mol. The highest BCUT2D eigenvalue weighted by molar-refractivity contribution is 6.03. The number of rotatable bonds is 12. The lowest BCUT2D eigenvalue weighted by Gasteiger charge is -2.42. The number of fused-ring (bicyclic) bond motifs is 1. The highest BCUT2D eigenvalue weighted by Crippen LogP contribution is 2.43. The van der Waals surface area contributed by atoms with Gasteiger partial charge in [0, 0.05) is 44.0 Å². The van der Waals surface area contributed by atoms with Gasteiger partial charge in [0.1, 0.15) is 12.2 Å². The Balaban J connectivity index is 2.46. The summed E-state index contributed by atoms with van der Waals surface area (Å²) in [5.74, 6) is -4.98. The molecular weight excluding hydrogens is 438 g/mol. The van der Waals surface area contributed by atoms with Crippen LogP contribution in [-0.2, 0) is 16.0 Å². The Morgan fingerprint density at radius 3 is 2.39 bits per heavy atom. The minimum absolute atomic E-state index is 0.0128. The third-order valence-electron chi connectivity index (χ3n) is 5.97. The molecule has 33 heavy (non-hydrogen) atoms. The minimum Gasteiger partial charge on any atom is -0.507 e. The SMILES string of the molecule is CC(CO)Nc1ccc(O)c2c1CC(O)(CC(O)(CCO)C(CO)C(=O)CC(=O)O)CC2=O. The van der Waals surface area contributed by atoms with Gasteiger partial charge >= 0.3 is 5.97 Å². The normalized spacial score (nSPS) is 21.6. The zero-order valence-corrected chi connectivity index (χ0v) is 18.3. The Bertz CT molecular complexity index is 903. The molecule has 0 bridgehead atoms. The molecule has 4 atom stereocenters. The summed E-state index contributed by atoms with van der Waals surface area (Å²) in [6.45, 7) is -0.107. The molecule has 11 nitrogen and oxygen atoms in total. The highest BCUT2D eigenvalue weighted by atomic mass is 16.4. The van der Waals surface area contributed by atoms with E-state index in [0.29, 0.717) is 5.69 Å². The molecule has 0 aromatic heterocycles. The number of phenols is 1. The molecule has 1 aromatic rings. The fourth-order valence-electron chi connectivity index (χ4n) is 4.47. The molecule has 4 unspecified atom stereocenters.